The Balaban J connectivity index is 1.88. The van der Waals surface area contributed by atoms with Gasteiger partial charge < -0.3 is 0 Å². The van der Waals surface area contributed by atoms with Crippen LogP contribution in [0.25, 0.3) is 16.4 Å². The van der Waals surface area contributed by atoms with Crippen molar-refractivity contribution in [2.45, 2.75) is 38.0 Å². The molecule has 4 rings (SSSR count). The summed E-state index contributed by atoms with van der Waals surface area (Å²) in [4.78, 5) is 16.4. The lowest BCUT2D eigenvalue weighted by Crippen LogP contribution is -2.12. The molecule has 33 heavy (non-hydrogen) atoms. The summed E-state index contributed by atoms with van der Waals surface area (Å²) >= 11 is 1.38. The number of nitrogens with zero attached hydrogens (tertiary/aromatic N) is 3. The van der Waals surface area contributed by atoms with Crippen molar-refractivity contribution in [3.8, 4) is 16.4 Å². The van der Waals surface area contributed by atoms with E-state index in [1.165, 1.54) is 30.4 Å². The number of hydrogen-bond acceptors (Lipinski definition) is 6. The van der Waals surface area contributed by atoms with Gasteiger partial charge in [0.1, 0.15) is 5.69 Å². The van der Waals surface area contributed by atoms with Gasteiger partial charge >= 0.3 is 0 Å². The average molecular weight is 481 g/mol. The Bertz CT molecular complexity index is 1400. The minimum absolute atomic E-state index is 0.0776. The highest BCUT2D eigenvalue weighted by Gasteiger charge is 2.24. The first-order valence-electron chi connectivity index (χ1n) is 10.4. The molecule has 2 heterocycles. The predicted molar refractivity (Wildman–Crippen MR) is 129 cm³/mol. The molecule has 0 radical (unpaired) electrons. The van der Waals surface area contributed by atoms with Gasteiger partial charge in [-0.1, -0.05) is 56.3 Å². The number of rotatable bonds is 7. The van der Waals surface area contributed by atoms with Gasteiger partial charge in [-0.2, -0.15) is 5.10 Å². The molecule has 2 N–H and O–H groups in total. The van der Waals surface area contributed by atoms with Crippen LogP contribution in [0, 0.1) is 0 Å². The molecule has 0 spiro atoms. The van der Waals surface area contributed by atoms with Gasteiger partial charge in [-0.25, -0.2) is 23.2 Å². The summed E-state index contributed by atoms with van der Waals surface area (Å²) in [6.45, 7) is 5.68. The first kappa shape index (κ1) is 23.0. The highest BCUT2D eigenvalue weighted by Crippen LogP contribution is 2.34. The van der Waals surface area contributed by atoms with Crippen molar-refractivity contribution in [2.75, 3.05) is 0 Å². The van der Waals surface area contributed by atoms with E-state index in [9.17, 15) is 13.2 Å². The Labute approximate surface area is 197 Å². The molecule has 0 bridgehead atoms. The predicted octanol–water partition coefficient (Wildman–Crippen LogP) is 4.56. The molecule has 0 fully saturated rings. The molecule has 4 aromatic rings. The lowest BCUT2D eigenvalue weighted by molar-refractivity contribution is 0.101. The van der Waals surface area contributed by atoms with Crippen molar-refractivity contribution in [3.05, 3.63) is 82.5 Å². The fraction of sp³-hybridized carbons (Fsp3) is 0.208. The van der Waals surface area contributed by atoms with Gasteiger partial charge in [0.2, 0.25) is 15.2 Å². The third-order valence-electron chi connectivity index (χ3n) is 5.28. The summed E-state index contributed by atoms with van der Waals surface area (Å²) in [5, 5.41) is 12.6. The molecule has 2 aromatic carbocycles. The standard InChI is InChI=1S/C24H24N4O3S2/c1-15(2)23-20(13-17-9-11-19(12-10-17)33(25,30)31)22(18-7-5-4-6-8-18)27-28(23)24-26-21(14-32-24)16(3)29/h4-12,14-15H,13H2,1-3H3,(H2,25,30,31). The first-order chi connectivity index (χ1) is 15.6. The number of Topliss-reactive ketones (excluding diaryl/α,β-unsaturated/α-hetero) is 1. The molecule has 9 heteroatoms. The quantitative estimate of drug-likeness (QED) is 0.390. The van der Waals surface area contributed by atoms with E-state index in [0.717, 1.165) is 28.1 Å². The second-order valence-electron chi connectivity index (χ2n) is 8.08. The molecule has 2 aromatic heterocycles. The summed E-state index contributed by atoms with van der Waals surface area (Å²) in [6, 6.07) is 16.5. The monoisotopic (exact) mass is 480 g/mol. The molecule has 0 unspecified atom stereocenters. The molecule has 0 aliphatic carbocycles. The van der Waals surface area contributed by atoms with Crippen LogP contribution in [0.4, 0.5) is 0 Å². The number of thiazole rings is 1. The number of benzene rings is 2. The number of carbonyl (C=O) groups is 1. The molecule has 0 aliphatic rings. The normalized spacial score (nSPS) is 11.8. The van der Waals surface area contributed by atoms with Gasteiger partial charge in [0.15, 0.2) is 5.78 Å². The van der Waals surface area contributed by atoms with Crippen molar-refractivity contribution in [1.29, 1.82) is 0 Å². The van der Waals surface area contributed by atoms with E-state index in [0.29, 0.717) is 17.2 Å². The van der Waals surface area contributed by atoms with E-state index >= 15 is 0 Å². The summed E-state index contributed by atoms with van der Waals surface area (Å²) < 4.78 is 25.1. The van der Waals surface area contributed by atoms with Crippen molar-refractivity contribution in [1.82, 2.24) is 14.8 Å². The maximum absolute atomic E-state index is 11.8. The lowest BCUT2D eigenvalue weighted by Gasteiger charge is -2.12. The van der Waals surface area contributed by atoms with Crippen LogP contribution in [0.2, 0.25) is 0 Å². The summed E-state index contributed by atoms with van der Waals surface area (Å²) in [5.74, 6) is 0.0348. The van der Waals surface area contributed by atoms with Crippen molar-refractivity contribution in [2.24, 2.45) is 5.14 Å². The van der Waals surface area contributed by atoms with Gasteiger partial charge in [-0.05, 0) is 23.6 Å². The van der Waals surface area contributed by atoms with Gasteiger partial charge in [0, 0.05) is 29.9 Å². The fourth-order valence-corrected chi connectivity index (χ4v) is 5.07. The third-order valence-corrected chi connectivity index (χ3v) is 7.03. The minimum Gasteiger partial charge on any atom is -0.293 e. The van der Waals surface area contributed by atoms with E-state index in [-0.39, 0.29) is 16.6 Å². The smallest absolute Gasteiger partial charge is 0.238 e. The van der Waals surface area contributed by atoms with E-state index in [1.807, 2.05) is 35.0 Å². The maximum atomic E-state index is 11.8. The van der Waals surface area contributed by atoms with Crippen LogP contribution in [-0.4, -0.2) is 29.0 Å². The molecule has 0 aliphatic heterocycles. The van der Waals surface area contributed by atoms with E-state index in [1.54, 1.807) is 17.5 Å². The fourth-order valence-electron chi connectivity index (χ4n) is 3.73. The van der Waals surface area contributed by atoms with Crippen LogP contribution in [0.5, 0.6) is 0 Å². The van der Waals surface area contributed by atoms with Crippen LogP contribution in [0.3, 0.4) is 0 Å². The first-order valence-corrected chi connectivity index (χ1v) is 12.8. The highest BCUT2D eigenvalue weighted by molar-refractivity contribution is 7.89. The number of ketones is 1. The van der Waals surface area contributed by atoms with Crippen LogP contribution >= 0.6 is 11.3 Å². The summed E-state index contributed by atoms with van der Waals surface area (Å²) in [7, 11) is -3.75. The number of aromatic nitrogens is 3. The molecule has 7 nitrogen and oxygen atoms in total. The number of primary sulfonamides is 1. The molecule has 0 amide bonds. The molecule has 0 saturated carbocycles. The van der Waals surface area contributed by atoms with Gasteiger partial charge in [0.25, 0.3) is 0 Å². The topological polar surface area (TPSA) is 108 Å². The Morgan fingerprint density at radius 2 is 1.76 bits per heavy atom. The Morgan fingerprint density at radius 1 is 1.09 bits per heavy atom. The molecular weight excluding hydrogens is 456 g/mol. The Morgan fingerprint density at radius 3 is 2.30 bits per heavy atom. The third kappa shape index (κ3) is 4.80. The zero-order valence-corrected chi connectivity index (χ0v) is 20.2. The molecule has 0 atom stereocenters. The van der Waals surface area contributed by atoms with Crippen molar-refractivity contribution < 1.29 is 13.2 Å². The van der Waals surface area contributed by atoms with Gasteiger partial charge in [-0.3, -0.25) is 4.79 Å². The number of carbonyl (C=O) groups excluding carboxylic acids is 1. The largest absolute Gasteiger partial charge is 0.293 e. The van der Waals surface area contributed by atoms with E-state index in [4.69, 9.17) is 10.2 Å². The second-order valence-corrected chi connectivity index (χ2v) is 10.5. The van der Waals surface area contributed by atoms with Crippen LogP contribution in [0.15, 0.2) is 64.9 Å². The molecular formula is C24H24N4O3S2. The number of hydrogen-bond donors (Lipinski definition) is 1. The highest BCUT2D eigenvalue weighted by atomic mass is 32.2. The van der Waals surface area contributed by atoms with Crippen molar-refractivity contribution >= 4 is 27.1 Å². The zero-order chi connectivity index (χ0) is 23.8. The average Bonchev–Trinajstić information content (AvgIpc) is 3.39. The Kier molecular flexibility index (Phi) is 6.29. The van der Waals surface area contributed by atoms with Gasteiger partial charge in [-0.15, -0.1) is 11.3 Å². The van der Waals surface area contributed by atoms with Crippen LogP contribution < -0.4 is 5.14 Å². The number of nitrogens with two attached hydrogens (primary N) is 1. The van der Waals surface area contributed by atoms with E-state index < -0.39 is 10.0 Å². The lowest BCUT2D eigenvalue weighted by atomic mass is 9.95. The Hall–Kier alpha value is -3.14. The van der Waals surface area contributed by atoms with E-state index in [2.05, 4.69) is 18.8 Å². The molecule has 0 saturated heterocycles. The van der Waals surface area contributed by atoms with Crippen LogP contribution in [0.1, 0.15) is 54.0 Å². The minimum atomic E-state index is -3.75. The maximum Gasteiger partial charge on any atom is 0.238 e. The van der Waals surface area contributed by atoms with Gasteiger partial charge in [0.05, 0.1) is 16.3 Å². The van der Waals surface area contributed by atoms with Crippen molar-refractivity contribution in [3.63, 3.8) is 0 Å². The van der Waals surface area contributed by atoms with Crippen LogP contribution in [-0.2, 0) is 16.4 Å². The summed E-state index contributed by atoms with van der Waals surface area (Å²) in [6.07, 6.45) is 0.549. The molecule has 170 valence electrons. The zero-order valence-electron chi connectivity index (χ0n) is 18.5. The second kappa shape index (κ2) is 9.01. The SMILES string of the molecule is CC(=O)c1csc(-n2nc(-c3ccccc3)c(Cc3ccc(S(N)(=O)=O)cc3)c2C(C)C)n1. The summed E-state index contributed by atoms with van der Waals surface area (Å²) in [5.41, 5.74) is 5.17. The number of sulfonamides is 1.